The predicted molar refractivity (Wildman–Crippen MR) is 138 cm³/mol. The number of ether oxygens (including phenoxy) is 1. The lowest BCUT2D eigenvalue weighted by Crippen LogP contribution is -2.52. The molecule has 38 heavy (non-hydrogen) atoms. The molecule has 198 valence electrons. The minimum atomic E-state index is -2.91. The van der Waals surface area contributed by atoms with E-state index in [2.05, 4.69) is 14.9 Å². The fraction of sp³-hybridized carbons (Fsp3) is 0.407. The van der Waals surface area contributed by atoms with Crippen molar-refractivity contribution in [3.8, 4) is 11.1 Å². The Hall–Kier alpha value is -4.02. The molecule has 11 heteroatoms. The third-order valence-electron chi connectivity index (χ3n) is 7.65. The third kappa shape index (κ3) is 4.35. The Morgan fingerprint density at radius 2 is 1.87 bits per heavy atom. The van der Waals surface area contributed by atoms with Crippen LogP contribution in [0.3, 0.4) is 0 Å². The molecule has 1 unspecified atom stereocenters. The molecule has 3 aliphatic rings. The standard InChI is InChI=1S/C27H28F2N6O3/c1-32-25(37)21-8-6-17(12-22(21)35(32)15-18-4-2-3-5-23(18)38-26(28)29)19-13-30-27(31-14-19)33-10-11-34-20(16-33)7-9-24(34)36/h4-6,8,12-14,20,26H,2-3,7,9-11,15-16H2,1H3. The molecule has 0 N–H and O–H groups in total. The monoisotopic (exact) mass is 522 g/mol. The second kappa shape index (κ2) is 9.70. The zero-order valence-corrected chi connectivity index (χ0v) is 21.0. The van der Waals surface area contributed by atoms with Crippen LogP contribution in [-0.4, -0.2) is 62.4 Å². The molecular formula is C27H28F2N6O3. The topological polar surface area (TPSA) is 85.5 Å². The molecule has 0 saturated carbocycles. The van der Waals surface area contributed by atoms with Gasteiger partial charge in [0.1, 0.15) is 5.76 Å². The van der Waals surface area contributed by atoms with Gasteiger partial charge in [-0.1, -0.05) is 12.1 Å². The first-order valence-corrected chi connectivity index (χ1v) is 12.8. The number of benzene rings is 1. The largest absolute Gasteiger partial charge is 0.435 e. The number of rotatable bonds is 6. The van der Waals surface area contributed by atoms with Crippen molar-refractivity contribution in [1.29, 1.82) is 0 Å². The number of piperazine rings is 1. The predicted octanol–water partition coefficient (Wildman–Crippen LogP) is 3.45. The van der Waals surface area contributed by atoms with Crippen molar-refractivity contribution in [2.45, 2.75) is 44.9 Å². The summed E-state index contributed by atoms with van der Waals surface area (Å²) in [6.45, 7) is -0.568. The van der Waals surface area contributed by atoms with E-state index in [1.807, 2.05) is 23.1 Å². The number of alkyl halides is 2. The number of amides is 1. The Balaban J connectivity index is 1.27. The van der Waals surface area contributed by atoms with Crippen molar-refractivity contribution in [2.75, 3.05) is 24.5 Å². The minimum Gasteiger partial charge on any atom is -0.435 e. The van der Waals surface area contributed by atoms with E-state index < -0.39 is 6.61 Å². The number of hydrogen-bond acceptors (Lipinski definition) is 6. The molecule has 1 amide bonds. The van der Waals surface area contributed by atoms with E-state index in [-0.39, 0.29) is 29.8 Å². The lowest BCUT2D eigenvalue weighted by Gasteiger charge is -2.37. The molecule has 1 aliphatic carbocycles. The lowest BCUT2D eigenvalue weighted by molar-refractivity contribution is -0.129. The first-order valence-electron chi connectivity index (χ1n) is 12.8. The molecule has 2 saturated heterocycles. The first-order chi connectivity index (χ1) is 18.4. The number of aromatic nitrogens is 4. The molecule has 0 bridgehead atoms. The number of carbonyl (C=O) groups excluding carboxylic acids is 1. The van der Waals surface area contributed by atoms with Gasteiger partial charge in [-0.15, -0.1) is 0 Å². The summed E-state index contributed by atoms with van der Waals surface area (Å²) in [6.07, 6.45) is 9.91. The van der Waals surface area contributed by atoms with E-state index in [1.165, 1.54) is 4.68 Å². The molecule has 2 aromatic heterocycles. The van der Waals surface area contributed by atoms with Crippen LogP contribution in [0.2, 0.25) is 0 Å². The third-order valence-corrected chi connectivity index (χ3v) is 7.65. The van der Waals surface area contributed by atoms with Crippen LogP contribution in [0, 0.1) is 0 Å². The fourth-order valence-electron chi connectivity index (χ4n) is 5.65. The van der Waals surface area contributed by atoms with E-state index in [1.54, 1.807) is 36.3 Å². The Bertz CT molecular complexity index is 1510. The molecule has 9 nitrogen and oxygen atoms in total. The summed E-state index contributed by atoms with van der Waals surface area (Å²) in [7, 11) is 1.66. The van der Waals surface area contributed by atoms with Crippen molar-refractivity contribution in [1.82, 2.24) is 24.2 Å². The Morgan fingerprint density at radius 3 is 2.66 bits per heavy atom. The van der Waals surface area contributed by atoms with E-state index >= 15 is 0 Å². The Morgan fingerprint density at radius 1 is 1.08 bits per heavy atom. The number of carbonyl (C=O) groups is 1. The quantitative estimate of drug-likeness (QED) is 0.493. The molecule has 3 aromatic rings. The smallest absolute Gasteiger partial charge is 0.387 e. The summed E-state index contributed by atoms with van der Waals surface area (Å²) in [5, 5.41) is 0.537. The molecular weight excluding hydrogens is 494 g/mol. The number of halogens is 2. The van der Waals surface area contributed by atoms with Gasteiger partial charge in [-0.05, 0) is 43.0 Å². The van der Waals surface area contributed by atoms with Crippen molar-refractivity contribution in [3.63, 3.8) is 0 Å². The van der Waals surface area contributed by atoms with Crippen molar-refractivity contribution < 1.29 is 18.3 Å². The van der Waals surface area contributed by atoms with Gasteiger partial charge >= 0.3 is 6.61 Å². The molecule has 0 radical (unpaired) electrons. The summed E-state index contributed by atoms with van der Waals surface area (Å²) >= 11 is 0. The van der Waals surface area contributed by atoms with Gasteiger partial charge in [0.2, 0.25) is 11.9 Å². The zero-order chi connectivity index (χ0) is 26.4. The second-order valence-electron chi connectivity index (χ2n) is 9.87. The highest BCUT2D eigenvalue weighted by Crippen LogP contribution is 2.28. The number of allylic oxidation sites excluding steroid dienone is 3. The van der Waals surface area contributed by atoms with Gasteiger partial charge in [0.25, 0.3) is 5.56 Å². The lowest BCUT2D eigenvalue weighted by atomic mass is 10.0. The van der Waals surface area contributed by atoms with Gasteiger partial charge in [-0.25, -0.2) is 9.97 Å². The number of fused-ring (bicyclic) bond motifs is 2. The van der Waals surface area contributed by atoms with Crippen LogP contribution in [0.5, 0.6) is 0 Å². The molecule has 0 spiro atoms. The van der Waals surface area contributed by atoms with Gasteiger partial charge in [0, 0.05) is 62.7 Å². The van der Waals surface area contributed by atoms with Gasteiger partial charge in [0.15, 0.2) is 0 Å². The van der Waals surface area contributed by atoms with Crippen molar-refractivity contribution in [2.24, 2.45) is 7.05 Å². The number of anilines is 1. The van der Waals surface area contributed by atoms with Gasteiger partial charge in [0.05, 0.1) is 17.4 Å². The molecule has 4 heterocycles. The summed E-state index contributed by atoms with van der Waals surface area (Å²) in [5.41, 5.74) is 2.77. The average Bonchev–Trinajstić information content (AvgIpc) is 3.41. The van der Waals surface area contributed by atoms with E-state index in [0.717, 1.165) is 30.5 Å². The second-order valence-corrected chi connectivity index (χ2v) is 9.87. The minimum absolute atomic E-state index is 0.156. The molecule has 1 atom stereocenters. The van der Waals surface area contributed by atoms with E-state index in [9.17, 15) is 18.4 Å². The highest BCUT2D eigenvalue weighted by molar-refractivity contribution is 5.84. The summed E-state index contributed by atoms with van der Waals surface area (Å²) < 4.78 is 33.9. The zero-order valence-electron chi connectivity index (χ0n) is 21.0. The first kappa shape index (κ1) is 24.3. The normalized spacial score (nSPS) is 19.7. The molecule has 2 fully saturated rings. The number of hydrogen-bond donors (Lipinski definition) is 0. The van der Waals surface area contributed by atoms with Crippen LogP contribution >= 0.6 is 0 Å². The molecule has 6 rings (SSSR count). The summed E-state index contributed by atoms with van der Waals surface area (Å²) in [4.78, 5) is 38.2. The molecule has 1 aromatic carbocycles. The van der Waals surface area contributed by atoms with Crippen LogP contribution in [0.15, 0.2) is 58.9 Å². The summed E-state index contributed by atoms with van der Waals surface area (Å²) in [6, 6.07) is 5.76. The maximum atomic E-state index is 12.9. The Kier molecular flexibility index (Phi) is 6.21. The fourth-order valence-corrected chi connectivity index (χ4v) is 5.65. The Labute approximate surface area is 217 Å². The van der Waals surface area contributed by atoms with Gasteiger partial charge < -0.3 is 14.5 Å². The SMILES string of the molecule is Cn1c(=O)c2ccc(-c3cnc(N4CCN5C(=O)CCC5C4)nc3)cc2n1CC1=CCCC=C1OC(F)F. The van der Waals surface area contributed by atoms with Crippen LogP contribution < -0.4 is 10.5 Å². The highest BCUT2D eigenvalue weighted by atomic mass is 19.3. The van der Waals surface area contributed by atoms with Crippen LogP contribution in [0.1, 0.15) is 25.7 Å². The van der Waals surface area contributed by atoms with Crippen molar-refractivity contribution >= 4 is 22.8 Å². The van der Waals surface area contributed by atoms with E-state index in [4.69, 9.17) is 4.74 Å². The van der Waals surface area contributed by atoms with Crippen LogP contribution in [-0.2, 0) is 23.1 Å². The highest BCUT2D eigenvalue weighted by Gasteiger charge is 2.36. The van der Waals surface area contributed by atoms with E-state index in [0.29, 0.717) is 48.4 Å². The molecule has 2 aliphatic heterocycles. The maximum absolute atomic E-state index is 12.9. The van der Waals surface area contributed by atoms with Gasteiger partial charge in [-0.3, -0.25) is 19.0 Å². The average molecular weight is 523 g/mol. The van der Waals surface area contributed by atoms with Gasteiger partial charge in [-0.2, -0.15) is 8.78 Å². The van der Waals surface area contributed by atoms with Crippen molar-refractivity contribution in [3.05, 3.63) is 64.4 Å². The van der Waals surface area contributed by atoms with Crippen LogP contribution in [0.4, 0.5) is 14.7 Å². The maximum Gasteiger partial charge on any atom is 0.387 e. The number of nitrogens with zero attached hydrogens (tertiary/aromatic N) is 6. The van der Waals surface area contributed by atoms with Crippen LogP contribution in [0.25, 0.3) is 22.0 Å². The summed E-state index contributed by atoms with van der Waals surface area (Å²) in [5.74, 6) is 1.02.